The van der Waals surface area contributed by atoms with Gasteiger partial charge in [0, 0.05) is 5.56 Å². The van der Waals surface area contributed by atoms with Crippen LogP contribution in [0.15, 0.2) is 66.2 Å². The number of hydrogen-bond donors (Lipinski definition) is 1. The van der Waals surface area contributed by atoms with E-state index in [0.29, 0.717) is 51.8 Å². The molecule has 5 rings (SSSR count). The predicted octanol–water partition coefficient (Wildman–Crippen LogP) is 7.04. The maximum absolute atomic E-state index is 14.0. The minimum atomic E-state index is -1.04. The van der Waals surface area contributed by atoms with Gasteiger partial charge in [-0.05, 0) is 73.5 Å². The number of nitrogens with zero attached hydrogens (tertiary/aromatic N) is 2. The smallest absolute Gasteiger partial charge is 0.301 e. The number of carbonyl (C=O) groups excluding carboxylic acids is 2. The van der Waals surface area contributed by atoms with E-state index in [0.717, 1.165) is 30.6 Å². The van der Waals surface area contributed by atoms with Crippen molar-refractivity contribution in [1.82, 2.24) is 4.98 Å². The van der Waals surface area contributed by atoms with Crippen molar-refractivity contribution >= 4 is 44.1 Å². The third-order valence-corrected chi connectivity index (χ3v) is 7.95. The SMILES string of the molecule is CCCCCOc1ccc(C2/C(=C(\O)c3ccc(OCC)cc3)C(=O)C(=O)N2c2nc3ccc(F)cc3s2)cc1OC. The number of aliphatic hydroxyl groups is 1. The number of aliphatic hydroxyl groups excluding tert-OH is 1. The fourth-order valence-electron chi connectivity index (χ4n) is 4.87. The van der Waals surface area contributed by atoms with Gasteiger partial charge in [-0.3, -0.25) is 14.5 Å². The highest BCUT2D eigenvalue weighted by Crippen LogP contribution is 2.46. The fourth-order valence-corrected chi connectivity index (χ4v) is 5.89. The summed E-state index contributed by atoms with van der Waals surface area (Å²) in [7, 11) is 1.51. The summed E-state index contributed by atoms with van der Waals surface area (Å²) in [5, 5.41) is 11.7. The number of hydrogen-bond acceptors (Lipinski definition) is 8. The quantitative estimate of drug-likeness (QED) is 0.0866. The number of rotatable bonds is 11. The highest BCUT2D eigenvalue weighted by Gasteiger charge is 2.48. The summed E-state index contributed by atoms with van der Waals surface area (Å²) in [5.41, 5.74) is 1.23. The summed E-state index contributed by atoms with van der Waals surface area (Å²) >= 11 is 1.08. The number of thiazole rings is 1. The van der Waals surface area contributed by atoms with Crippen LogP contribution in [-0.4, -0.2) is 42.1 Å². The Balaban J connectivity index is 1.63. The van der Waals surface area contributed by atoms with E-state index in [1.165, 1.54) is 30.2 Å². The normalized spacial score (nSPS) is 16.3. The number of anilines is 1. The van der Waals surface area contributed by atoms with Crippen molar-refractivity contribution in [3.8, 4) is 17.2 Å². The van der Waals surface area contributed by atoms with Gasteiger partial charge in [-0.1, -0.05) is 37.2 Å². The molecule has 0 radical (unpaired) electrons. The van der Waals surface area contributed by atoms with Crippen molar-refractivity contribution in [1.29, 1.82) is 0 Å². The Morgan fingerprint density at radius 2 is 1.79 bits per heavy atom. The van der Waals surface area contributed by atoms with E-state index in [1.54, 1.807) is 42.5 Å². The summed E-state index contributed by atoms with van der Waals surface area (Å²) < 4.78 is 31.5. The second-order valence-corrected chi connectivity index (χ2v) is 10.7. The second kappa shape index (κ2) is 12.6. The Morgan fingerprint density at radius 3 is 2.50 bits per heavy atom. The molecule has 1 fully saturated rings. The number of ether oxygens (including phenoxy) is 3. The first-order valence-electron chi connectivity index (χ1n) is 13.8. The Hall–Kier alpha value is -4.44. The molecule has 8 nitrogen and oxygen atoms in total. The van der Waals surface area contributed by atoms with Gasteiger partial charge in [0.2, 0.25) is 0 Å². The van der Waals surface area contributed by atoms with Crippen molar-refractivity contribution in [2.45, 2.75) is 39.2 Å². The average Bonchev–Trinajstić information content (AvgIpc) is 3.52. The first-order chi connectivity index (χ1) is 20.4. The molecule has 1 saturated heterocycles. The molecule has 1 aliphatic heterocycles. The summed E-state index contributed by atoms with van der Waals surface area (Å²) in [6.07, 6.45) is 2.99. The van der Waals surface area contributed by atoms with Crippen LogP contribution in [0.2, 0.25) is 0 Å². The molecule has 1 N–H and O–H groups in total. The van der Waals surface area contributed by atoms with Crippen LogP contribution in [0.25, 0.3) is 16.0 Å². The molecule has 10 heteroatoms. The van der Waals surface area contributed by atoms with Gasteiger partial charge in [-0.2, -0.15) is 0 Å². The number of halogens is 1. The highest BCUT2D eigenvalue weighted by atomic mass is 32.1. The molecule has 2 heterocycles. The molecule has 1 aromatic heterocycles. The van der Waals surface area contributed by atoms with Crippen molar-refractivity contribution in [2.24, 2.45) is 0 Å². The Labute approximate surface area is 247 Å². The van der Waals surface area contributed by atoms with Crippen LogP contribution in [-0.2, 0) is 9.59 Å². The molecule has 1 atom stereocenters. The molecule has 1 aliphatic rings. The number of methoxy groups -OCH3 is 1. The molecule has 0 aliphatic carbocycles. The summed E-state index contributed by atoms with van der Waals surface area (Å²) in [6, 6.07) is 14.9. The first-order valence-corrected chi connectivity index (χ1v) is 14.6. The van der Waals surface area contributed by atoms with E-state index in [1.807, 2.05) is 6.92 Å². The number of Topliss-reactive ketones (excluding diaryl/α,β-unsaturated/α-hetero) is 1. The lowest BCUT2D eigenvalue weighted by molar-refractivity contribution is -0.132. The Bertz CT molecular complexity index is 1650. The van der Waals surface area contributed by atoms with Crippen LogP contribution in [0.1, 0.15) is 50.3 Å². The van der Waals surface area contributed by atoms with E-state index in [2.05, 4.69) is 11.9 Å². The van der Waals surface area contributed by atoms with E-state index in [-0.39, 0.29) is 16.5 Å². The average molecular weight is 591 g/mol. The van der Waals surface area contributed by atoms with Crippen LogP contribution in [0, 0.1) is 5.82 Å². The lowest BCUT2D eigenvalue weighted by Gasteiger charge is -2.24. The number of fused-ring (bicyclic) bond motifs is 1. The van der Waals surface area contributed by atoms with Gasteiger partial charge in [0.05, 0.1) is 42.2 Å². The van der Waals surface area contributed by atoms with E-state index < -0.39 is 23.5 Å². The molecule has 0 spiro atoms. The molecule has 218 valence electrons. The van der Waals surface area contributed by atoms with Gasteiger partial charge in [0.25, 0.3) is 5.78 Å². The van der Waals surface area contributed by atoms with Crippen molar-refractivity contribution < 1.29 is 33.3 Å². The lowest BCUT2D eigenvalue weighted by atomic mass is 9.95. The van der Waals surface area contributed by atoms with E-state index >= 15 is 0 Å². The second-order valence-electron chi connectivity index (χ2n) is 9.70. The third-order valence-electron chi connectivity index (χ3n) is 6.94. The molecule has 0 saturated carbocycles. The molecule has 4 aromatic rings. The van der Waals surface area contributed by atoms with Crippen LogP contribution in [0.3, 0.4) is 0 Å². The Kier molecular flexibility index (Phi) is 8.72. The first kappa shape index (κ1) is 29.1. The van der Waals surface area contributed by atoms with Crippen LogP contribution < -0.4 is 19.1 Å². The van der Waals surface area contributed by atoms with Gasteiger partial charge in [0.1, 0.15) is 17.3 Å². The summed E-state index contributed by atoms with van der Waals surface area (Å²) in [5.74, 6) is -0.951. The zero-order valence-corrected chi connectivity index (χ0v) is 24.4. The standard InChI is InChI=1S/C32H31FN2O6S/c1-4-6-7-16-41-24-15-10-20(17-25(24)39-3)28-27(29(36)19-8-12-22(13-9-19)40-5-2)30(37)31(38)35(28)32-34-23-14-11-21(33)18-26(23)42-32/h8-15,17-18,28,36H,4-7,16H2,1-3H3/b29-27+. The fraction of sp³-hybridized carbons (Fsp3) is 0.281. The molecule has 42 heavy (non-hydrogen) atoms. The maximum atomic E-state index is 14.0. The minimum absolute atomic E-state index is 0.103. The van der Waals surface area contributed by atoms with Gasteiger partial charge >= 0.3 is 5.91 Å². The predicted molar refractivity (Wildman–Crippen MR) is 160 cm³/mol. The number of amides is 1. The molecular weight excluding hydrogens is 559 g/mol. The van der Waals surface area contributed by atoms with Crippen LogP contribution >= 0.6 is 11.3 Å². The molecule has 3 aromatic carbocycles. The zero-order valence-electron chi connectivity index (χ0n) is 23.6. The zero-order chi connectivity index (χ0) is 29.8. The van der Waals surface area contributed by atoms with Crippen molar-refractivity contribution in [2.75, 3.05) is 25.2 Å². The largest absolute Gasteiger partial charge is 0.507 e. The number of aromatic nitrogens is 1. The highest BCUT2D eigenvalue weighted by molar-refractivity contribution is 7.22. The molecular formula is C32H31FN2O6S. The number of benzene rings is 3. The minimum Gasteiger partial charge on any atom is -0.507 e. The van der Waals surface area contributed by atoms with Crippen molar-refractivity contribution in [3.05, 3.63) is 83.2 Å². The molecule has 1 unspecified atom stereocenters. The van der Waals surface area contributed by atoms with Crippen LogP contribution in [0.4, 0.5) is 9.52 Å². The Morgan fingerprint density at radius 1 is 1.00 bits per heavy atom. The number of carbonyl (C=O) groups is 2. The monoisotopic (exact) mass is 590 g/mol. The van der Waals surface area contributed by atoms with Gasteiger partial charge in [0.15, 0.2) is 16.6 Å². The van der Waals surface area contributed by atoms with Gasteiger partial charge in [-0.25, -0.2) is 9.37 Å². The topological polar surface area (TPSA) is 98.2 Å². The van der Waals surface area contributed by atoms with Gasteiger partial charge in [-0.15, -0.1) is 0 Å². The summed E-state index contributed by atoms with van der Waals surface area (Å²) in [6.45, 7) is 4.97. The van der Waals surface area contributed by atoms with E-state index in [4.69, 9.17) is 14.2 Å². The van der Waals surface area contributed by atoms with Gasteiger partial charge < -0.3 is 19.3 Å². The number of ketones is 1. The molecule has 0 bridgehead atoms. The number of unbranched alkanes of at least 4 members (excludes halogenated alkanes) is 2. The maximum Gasteiger partial charge on any atom is 0.301 e. The van der Waals surface area contributed by atoms with Crippen molar-refractivity contribution in [3.63, 3.8) is 0 Å². The third kappa shape index (κ3) is 5.67. The van der Waals surface area contributed by atoms with E-state index in [9.17, 15) is 19.1 Å². The lowest BCUT2D eigenvalue weighted by Crippen LogP contribution is -2.29. The molecule has 1 amide bonds. The van der Waals surface area contributed by atoms with Crippen LogP contribution in [0.5, 0.6) is 17.2 Å². The summed E-state index contributed by atoms with van der Waals surface area (Å²) in [4.78, 5) is 33.0.